The highest BCUT2D eigenvalue weighted by molar-refractivity contribution is 7.90. The van der Waals surface area contributed by atoms with Crippen molar-refractivity contribution in [2.24, 2.45) is 11.1 Å². The Morgan fingerprint density at radius 1 is 1.03 bits per heavy atom. The molecule has 2 fully saturated rings. The Morgan fingerprint density at radius 3 is 2.31 bits per heavy atom. The summed E-state index contributed by atoms with van der Waals surface area (Å²) in [5.74, 6) is 0.205. The van der Waals surface area contributed by atoms with Gasteiger partial charge in [-0.1, -0.05) is 42.5 Å². The monoisotopic (exact) mass is 455 g/mol. The second-order valence-corrected chi connectivity index (χ2v) is 11.5. The second-order valence-electron chi connectivity index (χ2n) is 9.49. The molecule has 1 atom stereocenters. The molecular weight excluding hydrogens is 422 g/mol. The molecule has 2 aromatic carbocycles. The van der Waals surface area contributed by atoms with Crippen LogP contribution < -0.4 is 5.73 Å². The summed E-state index contributed by atoms with van der Waals surface area (Å²) < 4.78 is 23.3. The highest BCUT2D eigenvalue weighted by Gasteiger charge is 2.44. The lowest BCUT2D eigenvalue weighted by Gasteiger charge is -2.39. The maximum absolute atomic E-state index is 12.7. The summed E-state index contributed by atoms with van der Waals surface area (Å²) in [4.78, 5) is 17.5. The second kappa shape index (κ2) is 9.33. The number of likely N-dealkylation sites (tertiary alicyclic amines) is 2. The van der Waals surface area contributed by atoms with Crippen LogP contribution >= 0.6 is 0 Å². The van der Waals surface area contributed by atoms with Gasteiger partial charge in [0, 0.05) is 31.8 Å². The fourth-order valence-electron chi connectivity index (χ4n) is 4.96. The minimum atomic E-state index is -3.20. The molecule has 4 rings (SSSR count). The van der Waals surface area contributed by atoms with Crippen LogP contribution in [0.25, 0.3) is 0 Å². The molecule has 2 aromatic rings. The predicted molar refractivity (Wildman–Crippen MR) is 126 cm³/mol. The maximum Gasteiger partial charge on any atom is 0.223 e. The molecule has 2 aliphatic heterocycles. The topological polar surface area (TPSA) is 83.7 Å². The van der Waals surface area contributed by atoms with Crippen LogP contribution in [0.3, 0.4) is 0 Å². The molecule has 2 heterocycles. The zero-order valence-corrected chi connectivity index (χ0v) is 19.6. The summed E-state index contributed by atoms with van der Waals surface area (Å²) in [6, 6.07) is 17.2. The third-order valence-corrected chi connectivity index (χ3v) is 8.16. The summed E-state index contributed by atoms with van der Waals surface area (Å²) in [7, 11) is -3.20. The number of hydrogen-bond donors (Lipinski definition) is 1. The number of carbonyl (C=O) groups is 1. The van der Waals surface area contributed by atoms with E-state index in [0.29, 0.717) is 17.9 Å². The van der Waals surface area contributed by atoms with E-state index in [2.05, 4.69) is 17.0 Å². The number of nitrogens with two attached hydrogens (primary N) is 1. The number of amides is 1. The van der Waals surface area contributed by atoms with Crippen molar-refractivity contribution >= 4 is 15.7 Å². The van der Waals surface area contributed by atoms with E-state index in [-0.39, 0.29) is 17.4 Å². The molecule has 7 heteroatoms. The first-order chi connectivity index (χ1) is 15.2. The van der Waals surface area contributed by atoms with Gasteiger partial charge in [0.2, 0.25) is 5.91 Å². The number of sulfone groups is 1. The molecule has 0 radical (unpaired) electrons. The Kier molecular flexibility index (Phi) is 6.70. The summed E-state index contributed by atoms with van der Waals surface area (Å²) in [6.07, 6.45) is 4.82. The molecule has 0 bridgehead atoms. The van der Waals surface area contributed by atoms with Crippen LogP contribution in [0.5, 0.6) is 0 Å². The first-order valence-electron chi connectivity index (χ1n) is 11.3. The van der Waals surface area contributed by atoms with Crippen LogP contribution in [-0.4, -0.2) is 56.6 Å². The molecule has 0 aliphatic carbocycles. The molecule has 0 saturated carbocycles. The Labute approximate surface area is 191 Å². The van der Waals surface area contributed by atoms with Gasteiger partial charge in [-0.3, -0.25) is 4.79 Å². The summed E-state index contributed by atoms with van der Waals surface area (Å²) in [6.45, 7) is 4.32. The average molecular weight is 456 g/mol. The lowest BCUT2D eigenvalue weighted by Crippen LogP contribution is -2.42. The van der Waals surface area contributed by atoms with Gasteiger partial charge < -0.3 is 15.5 Å². The van der Waals surface area contributed by atoms with Crippen molar-refractivity contribution in [3.63, 3.8) is 0 Å². The summed E-state index contributed by atoms with van der Waals surface area (Å²) >= 11 is 0. The van der Waals surface area contributed by atoms with E-state index in [9.17, 15) is 13.2 Å². The van der Waals surface area contributed by atoms with Crippen molar-refractivity contribution in [1.29, 1.82) is 0 Å². The Hall–Kier alpha value is -2.22. The minimum absolute atomic E-state index is 0.0599. The van der Waals surface area contributed by atoms with Crippen LogP contribution in [0.1, 0.15) is 42.9 Å². The molecule has 6 nitrogen and oxygen atoms in total. The van der Waals surface area contributed by atoms with Gasteiger partial charge in [0.05, 0.1) is 4.90 Å². The fraction of sp³-hybridized carbons (Fsp3) is 0.480. The van der Waals surface area contributed by atoms with Crippen molar-refractivity contribution in [3.05, 3.63) is 65.7 Å². The van der Waals surface area contributed by atoms with E-state index >= 15 is 0 Å². The number of hydrogen-bond acceptors (Lipinski definition) is 5. The maximum atomic E-state index is 12.7. The first-order valence-corrected chi connectivity index (χ1v) is 13.2. The van der Waals surface area contributed by atoms with Crippen molar-refractivity contribution < 1.29 is 13.2 Å². The van der Waals surface area contributed by atoms with Crippen LogP contribution in [0.2, 0.25) is 0 Å². The van der Waals surface area contributed by atoms with Crippen molar-refractivity contribution in [1.82, 2.24) is 9.80 Å². The zero-order valence-electron chi connectivity index (χ0n) is 18.7. The van der Waals surface area contributed by atoms with Gasteiger partial charge >= 0.3 is 0 Å². The number of rotatable bonds is 7. The van der Waals surface area contributed by atoms with Gasteiger partial charge in [-0.05, 0) is 67.6 Å². The third-order valence-electron chi connectivity index (χ3n) is 7.03. The van der Waals surface area contributed by atoms with Crippen LogP contribution in [0.15, 0.2) is 59.5 Å². The standard InChI is InChI=1S/C25H33N3O3S/c1-32(30,31)22-9-7-20(8-10-22)18-28-19-25(17-24(28)29)12-15-27(16-13-25)14-11-23(26)21-5-3-2-4-6-21/h2-10,23H,11-19,26H2,1H3/t23-/m0/s1. The van der Waals surface area contributed by atoms with E-state index < -0.39 is 9.84 Å². The number of benzene rings is 2. The fourth-order valence-corrected chi connectivity index (χ4v) is 5.59. The van der Waals surface area contributed by atoms with Gasteiger partial charge in [0.25, 0.3) is 0 Å². The molecule has 0 aromatic heterocycles. The molecule has 2 aliphatic rings. The Morgan fingerprint density at radius 2 is 1.69 bits per heavy atom. The normalized spacial score (nSPS) is 20.1. The van der Waals surface area contributed by atoms with E-state index in [4.69, 9.17) is 5.73 Å². The molecule has 2 saturated heterocycles. The number of carbonyl (C=O) groups excluding carboxylic acids is 1. The van der Waals surface area contributed by atoms with Gasteiger partial charge in [0.1, 0.15) is 0 Å². The number of piperidine rings is 1. The van der Waals surface area contributed by atoms with E-state index in [1.54, 1.807) is 12.1 Å². The largest absolute Gasteiger partial charge is 0.338 e. The molecule has 1 spiro atoms. The van der Waals surface area contributed by atoms with E-state index in [1.807, 2.05) is 35.2 Å². The first kappa shape index (κ1) is 23.0. The average Bonchev–Trinajstić information content (AvgIpc) is 3.08. The lowest BCUT2D eigenvalue weighted by molar-refractivity contribution is -0.128. The van der Waals surface area contributed by atoms with Gasteiger partial charge in [0.15, 0.2) is 9.84 Å². The van der Waals surface area contributed by atoms with Gasteiger partial charge in [-0.15, -0.1) is 0 Å². The zero-order chi connectivity index (χ0) is 22.8. The molecule has 0 unspecified atom stereocenters. The van der Waals surface area contributed by atoms with Crippen LogP contribution in [0, 0.1) is 5.41 Å². The molecule has 172 valence electrons. The molecular formula is C25H33N3O3S. The summed E-state index contributed by atoms with van der Waals surface area (Å²) in [5, 5.41) is 0. The molecule has 2 N–H and O–H groups in total. The third kappa shape index (κ3) is 5.39. The van der Waals surface area contributed by atoms with Crippen molar-refractivity contribution in [2.75, 3.05) is 32.4 Å². The van der Waals surface area contributed by atoms with Crippen LogP contribution in [0.4, 0.5) is 0 Å². The Bertz CT molecular complexity index is 1030. The lowest BCUT2D eigenvalue weighted by atomic mass is 9.77. The van der Waals surface area contributed by atoms with E-state index in [0.717, 1.165) is 51.0 Å². The van der Waals surface area contributed by atoms with Crippen molar-refractivity contribution in [3.8, 4) is 0 Å². The van der Waals surface area contributed by atoms with Crippen LogP contribution in [-0.2, 0) is 21.2 Å². The predicted octanol–water partition coefficient (Wildman–Crippen LogP) is 2.99. The number of nitrogens with zero attached hydrogens (tertiary/aromatic N) is 2. The smallest absolute Gasteiger partial charge is 0.223 e. The highest BCUT2D eigenvalue weighted by atomic mass is 32.2. The molecule has 32 heavy (non-hydrogen) atoms. The van der Waals surface area contributed by atoms with E-state index in [1.165, 1.54) is 11.8 Å². The molecule has 1 amide bonds. The highest BCUT2D eigenvalue weighted by Crippen LogP contribution is 2.41. The van der Waals surface area contributed by atoms with Gasteiger partial charge in [-0.2, -0.15) is 0 Å². The summed E-state index contributed by atoms with van der Waals surface area (Å²) in [5.41, 5.74) is 8.58. The van der Waals surface area contributed by atoms with Crippen molar-refractivity contribution in [2.45, 2.75) is 43.2 Å². The Balaban J connectivity index is 1.28. The quantitative estimate of drug-likeness (QED) is 0.694. The minimum Gasteiger partial charge on any atom is -0.338 e. The van der Waals surface area contributed by atoms with Gasteiger partial charge in [-0.25, -0.2) is 8.42 Å². The SMILES string of the molecule is CS(=O)(=O)c1ccc(CN2CC3(CCN(CC[C@H](N)c4ccccc4)CC3)CC2=O)cc1.